The molecular weight excluding hydrogens is 244 g/mol. The molecule has 2 nitrogen and oxygen atoms in total. The third-order valence-electron chi connectivity index (χ3n) is 3.34. The molecule has 0 spiro atoms. The molecule has 0 bridgehead atoms. The lowest BCUT2D eigenvalue weighted by molar-refractivity contribution is 0.340. The molecule has 2 aromatic carbocycles. The molecule has 0 saturated heterocycles. The Kier molecular flexibility index (Phi) is 5.19. The van der Waals surface area contributed by atoms with E-state index in [1.165, 1.54) is 22.4 Å². The highest BCUT2D eigenvalue weighted by atomic mass is 15.1. The normalized spacial score (nSPS) is 10.8. The Labute approximate surface area is 122 Å². The SMILES string of the molecule is Cc1cc(C)cc(NCCN(C)Cc2ccccc2)c1. The van der Waals surface area contributed by atoms with E-state index in [1.54, 1.807) is 0 Å². The van der Waals surface area contributed by atoms with Crippen LogP contribution in [0.5, 0.6) is 0 Å². The Morgan fingerprint density at radius 2 is 1.60 bits per heavy atom. The summed E-state index contributed by atoms with van der Waals surface area (Å²) in [6.07, 6.45) is 0. The fourth-order valence-electron chi connectivity index (χ4n) is 2.44. The fraction of sp³-hybridized carbons (Fsp3) is 0.333. The number of anilines is 1. The number of aryl methyl sites for hydroxylation is 2. The summed E-state index contributed by atoms with van der Waals surface area (Å²) in [4.78, 5) is 2.34. The van der Waals surface area contributed by atoms with E-state index in [4.69, 9.17) is 0 Å². The van der Waals surface area contributed by atoms with Crippen LogP contribution in [0.1, 0.15) is 16.7 Å². The monoisotopic (exact) mass is 268 g/mol. The molecule has 0 fully saturated rings. The van der Waals surface area contributed by atoms with Crippen LogP contribution in [-0.4, -0.2) is 25.0 Å². The van der Waals surface area contributed by atoms with Gasteiger partial charge in [0, 0.05) is 25.3 Å². The van der Waals surface area contributed by atoms with E-state index in [1.807, 2.05) is 0 Å². The van der Waals surface area contributed by atoms with Crippen LogP contribution in [0.4, 0.5) is 5.69 Å². The van der Waals surface area contributed by atoms with Gasteiger partial charge in [0.1, 0.15) is 0 Å². The lowest BCUT2D eigenvalue weighted by Gasteiger charge is -2.17. The van der Waals surface area contributed by atoms with Gasteiger partial charge < -0.3 is 10.2 Å². The summed E-state index contributed by atoms with van der Waals surface area (Å²) in [5.41, 5.74) is 5.20. The van der Waals surface area contributed by atoms with E-state index in [2.05, 4.69) is 79.6 Å². The molecule has 0 heterocycles. The minimum atomic E-state index is 0.965. The number of hydrogen-bond acceptors (Lipinski definition) is 2. The zero-order valence-electron chi connectivity index (χ0n) is 12.7. The van der Waals surface area contributed by atoms with Crippen molar-refractivity contribution in [1.82, 2.24) is 4.90 Å². The van der Waals surface area contributed by atoms with Crippen LogP contribution < -0.4 is 5.32 Å². The number of rotatable bonds is 6. The van der Waals surface area contributed by atoms with Crippen molar-refractivity contribution in [3.8, 4) is 0 Å². The summed E-state index contributed by atoms with van der Waals surface area (Å²) in [5, 5.41) is 3.50. The van der Waals surface area contributed by atoms with Crippen LogP contribution in [0.15, 0.2) is 48.5 Å². The van der Waals surface area contributed by atoms with Crippen molar-refractivity contribution in [2.24, 2.45) is 0 Å². The van der Waals surface area contributed by atoms with Crippen LogP contribution in [0.25, 0.3) is 0 Å². The molecule has 0 aromatic heterocycles. The van der Waals surface area contributed by atoms with Gasteiger partial charge in [-0.15, -0.1) is 0 Å². The van der Waals surface area contributed by atoms with E-state index in [0.29, 0.717) is 0 Å². The Morgan fingerprint density at radius 3 is 2.25 bits per heavy atom. The van der Waals surface area contributed by atoms with Gasteiger partial charge in [0.25, 0.3) is 0 Å². The van der Waals surface area contributed by atoms with Gasteiger partial charge in [0.05, 0.1) is 0 Å². The summed E-state index contributed by atoms with van der Waals surface area (Å²) < 4.78 is 0. The largest absolute Gasteiger partial charge is 0.384 e. The van der Waals surface area contributed by atoms with Crippen LogP contribution >= 0.6 is 0 Å². The Hall–Kier alpha value is -1.80. The number of likely N-dealkylation sites (N-methyl/N-ethyl adjacent to an activating group) is 1. The summed E-state index contributed by atoms with van der Waals surface area (Å²) >= 11 is 0. The van der Waals surface area contributed by atoms with E-state index in [0.717, 1.165) is 19.6 Å². The highest BCUT2D eigenvalue weighted by Gasteiger charge is 2.00. The predicted octanol–water partition coefficient (Wildman–Crippen LogP) is 3.85. The summed E-state index contributed by atoms with van der Waals surface area (Å²) in [7, 11) is 2.16. The van der Waals surface area contributed by atoms with Crippen LogP contribution in [0.3, 0.4) is 0 Å². The van der Waals surface area contributed by atoms with E-state index in [9.17, 15) is 0 Å². The van der Waals surface area contributed by atoms with Gasteiger partial charge in [0.15, 0.2) is 0 Å². The van der Waals surface area contributed by atoms with Gasteiger partial charge in [-0.1, -0.05) is 36.4 Å². The van der Waals surface area contributed by atoms with E-state index < -0.39 is 0 Å². The van der Waals surface area contributed by atoms with Gasteiger partial charge >= 0.3 is 0 Å². The number of nitrogens with one attached hydrogen (secondary N) is 1. The Balaban J connectivity index is 1.78. The first-order chi connectivity index (χ1) is 9.63. The molecule has 0 amide bonds. The molecule has 2 heteroatoms. The molecule has 0 saturated carbocycles. The lowest BCUT2D eigenvalue weighted by atomic mass is 10.1. The molecule has 1 N–H and O–H groups in total. The number of nitrogens with zero attached hydrogens (tertiary/aromatic N) is 1. The summed E-state index contributed by atoms with van der Waals surface area (Å²) in [5.74, 6) is 0. The molecular formula is C18H24N2. The van der Waals surface area contributed by atoms with Crippen molar-refractivity contribution in [3.05, 3.63) is 65.2 Å². The first-order valence-corrected chi connectivity index (χ1v) is 7.18. The zero-order valence-corrected chi connectivity index (χ0v) is 12.7. The van der Waals surface area contributed by atoms with Crippen molar-refractivity contribution < 1.29 is 0 Å². The van der Waals surface area contributed by atoms with Crippen LogP contribution in [-0.2, 0) is 6.54 Å². The quantitative estimate of drug-likeness (QED) is 0.856. The summed E-state index contributed by atoms with van der Waals surface area (Å²) in [6.45, 7) is 7.27. The molecule has 20 heavy (non-hydrogen) atoms. The van der Waals surface area contributed by atoms with Crippen LogP contribution in [0.2, 0.25) is 0 Å². The van der Waals surface area contributed by atoms with Crippen molar-refractivity contribution in [3.63, 3.8) is 0 Å². The zero-order chi connectivity index (χ0) is 14.4. The second kappa shape index (κ2) is 7.11. The Morgan fingerprint density at radius 1 is 0.950 bits per heavy atom. The van der Waals surface area contributed by atoms with Crippen molar-refractivity contribution in [1.29, 1.82) is 0 Å². The van der Waals surface area contributed by atoms with Gasteiger partial charge in [0.2, 0.25) is 0 Å². The van der Waals surface area contributed by atoms with Gasteiger partial charge in [-0.3, -0.25) is 0 Å². The van der Waals surface area contributed by atoms with Crippen molar-refractivity contribution in [2.75, 3.05) is 25.5 Å². The van der Waals surface area contributed by atoms with Crippen molar-refractivity contribution in [2.45, 2.75) is 20.4 Å². The molecule has 2 aromatic rings. The molecule has 106 valence electrons. The topological polar surface area (TPSA) is 15.3 Å². The second-order valence-electron chi connectivity index (χ2n) is 5.53. The van der Waals surface area contributed by atoms with Gasteiger partial charge in [-0.25, -0.2) is 0 Å². The third-order valence-corrected chi connectivity index (χ3v) is 3.34. The molecule has 2 rings (SSSR count). The molecule has 0 aliphatic heterocycles. The maximum absolute atomic E-state index is 3.50. The lowest BCUT2D eigenvalue weighted by Crippen LogP contribution is -2.24. The van der Waals surface area contributed by atoms with Gasteiger partial charge in [-0.05, 0) is 49.7 Å². The summed E-state index contributed by atoms with van der Waals surface area (Å²) in [6, 6.07) is 17.2. The van der Waals surface area contributed by atoms with E-state index in [-0.39, 0.29) is 0 Å². The highest BCUT2D eigenvalue weighted by Crippen LogP contribution is 2.13. The predicted molar refractivity (Wildman–Crippen MR) is 87.2 cm³/mol. The second-order valence-corrected chi connectivity index (χ2v) is 5.53. The molecule has 0 atom stereocenters. The molecule has 0 aliphatic carbocycles. The average Bonchev–Trinajstić information content (AvgIpc) is 2.38. The number of benzene rings is 2. The highest BCUT2D eigenvalue weighted by molar-refractivity contribution is 5.48. The first-order valence-electron chi connectivity index (χ1n) is 7.18. The smallest absolute Gasteiger partial charge is 0.0345 e. The van der Waals surface area contributed by atoms with E-state index >= 15 is 0 Å². The van der Waals surface area contributed by atoms with Crippen molar-refractivity contribution >= 4 is 5.69 Å². The molecule has 0 aliphatic rings. The maximum atomic E-state index is 3.50. The Bertz CT molecular complexity index is 514. The third kappa shape index (κ3) is 4.71. The maximum Gasteiger partial charge on any atom is 0.0345 e. The minimum Gasteiger partial charge on any atom is -0.384 e. The van der Waals surface area contributed by atoms with Gasteiger partial charge in [-0.2, -0.15) is 0 Å². The fourth-order valence-corrected chi connectivity index (χ4v) is 2.44. The van der Waals surface area contributed by atoms with Crippen LogP contribution in [0, 0.1) is 13.8 Å². The number of hydrogen-bond donors (Lipinski definition) is 1. The molecule has 0 unspecified atom stereocenters. The standard InChI is InChI=1S/C18H24N2/c1-15-11-16(2)13-18(12-15)19-9-10-20(3)14-17-7-5-4-6-8-17/h4-8,11-13,19H,9-10,14H2,1-3H3. The minimum absolute atomic E-state index is 0.965. The molecule has 0 radical (unpaired) electrons. The average molecular weight is 268 g/mol. The first kappa shape index (κ1) is 14.6.